The molecule has 0 saturated heterocycles. The predicted molar refractivity (Wildman–Crippen MR) is 59.7 cm³/mol. The van der Waals surface area contributed by atoms with Crippen LogP contribution in [0.2, 0.25) is 0 Å². The molecule has 1 rings (SSSR count). The van der Waals surface area contributed by atoms with Crippen LogP contribution in [-0.4, -0.2) is 4.98 Å². The maximum atomic E-state index is 4.17. The zero-order valence-electron chi connectivity index (χ0n) is 7.67. The lowest BCUT2D eigenvalue weighted by molar-refractivity contribution is 0.744. The molecular formula is C11H14BrN. The zero-order chi connectivity index (χ0) is 9.52. The van der Waals surface area contributed by atoms with Crippen LogP contribution in [0.25, 0.3) is 0 Å². The van der Waals surface area contributed by atoms with Gasteiger partial charge >= 0.3 is 0 Å². The first kappa shape index (κ1) is 10.5. The van der Waals surface area contributed by atoms with Gasteiger partial charge in [0.25, 0.3) is 0 Å². The van der Waals surface area contributed by atoms with Gasteiger partial charge in [-0.1, -0.05) is 12.1 Å². The molecule has 70 valence electrons. The summed E-state index contributed by atoms with van der Waals surface area (Å²) in [7, 11) is 0. The molecule has 2 heteroatoms. The Kier molecular flexibility index (Phi) is 4.76. The van der Waals surface area contributed by atoms with Gasteiger partial charge in [-0.2, -0.15) is 0 Å². The number of allylic oxidation sites excluding steroid dienone is 1. The fraction of sp³-hybridized carbons (Fsp3) is 0.364. The molecule has 0 aliphatic rings. The van der Waals surface area contributed by atoms with Crippen LogP contribution in [0.3, 0.4) is 0 Å². The largest absolute Gasteiger partial charge is 0.249 e. The Bertz CT molecular complexity index is 271. The molecule has 0 atom stereocenters. The molecule has 0 unspecified atom stereocenters. The molecule has 1 aromatic rings. The van der Waals surface area contributed by atoms with E-state index in [1.54, 1.807) is 6.20 Å². The number of hydrogen-bond donors (Lipinski definition) is 0. The maximum absolute atomic E-state index is 4.17. The number of aryl methyl sites for hydroxylation is 1. The van der Waals surface area contributed by atoms with Gasteiger partial charge in [0, 0.05) is 6.20 Å². The van der Waals surface area contributed by atoms with Crippen LogP contribution in [0.1, 0.15) is 24.8 Å². The van der Waals surface area contributed by atoms with E-state index in [1.165, 1.54) is 18.4 Å². The third-order valence-corrected chi connectivity index (χ3v) is 2.65. The molecule has 0 aliphatic heterocycles. The van der Waals surface area contributed by atoms with Gasteiger partial charge in [0.05, 0.1) is 0 Å². The SMILES string of the molecule is C=CCCCCc1cccnc1Br. The van der Waals surface area contributed by atoms with Gasteiger partial charge in [0.15, 0.2) is 0 Å². The zero-order valence-corrected chi connectivity index (χ0v) is 9.26. The number of aromatic nitrogens is 1. The Morgan fingerprint density at radius 2 is 2.31 bits per heavy atom. The van der Waals surface area contributed by atoms with Gasteiger partial charge in [0.1, 0.15) is 4.60 Å². The highest BCUT2D eigenvalue weighted by Gasteiger charge is 1.98. The summed E-state index contributed by atoms with van der Waals surface area (Å²) in [5, 5.41) is 0. The second-order valence-electron chi connectivity index (χ2n) is 2.99. The lowest BCUT2D eigenvalue weighted by atomic mass is 10.1. The minimum Gasteiger partial charge on any atom is -0.249 e. The van der Waals surface area contributed by atoms with Gasteiger partial charge in [-0.05, 0) is 53.2 Å². The van der Waals surface area contributed by atoms with Crippen molar-refractivity contribution < 1.29 is 0 Å². The van der Waals surface area contributed by atoms with E-state index in [9.17, 15) is 0 Å². The average molecular weight is 240 g/mol. The highest BCUT2D eigenvalue weighted by atomic mass is 79.9. The van der Waals surface area contributed by atoms with E-state index >= 15 is 0 Å². The topological polar surface area (TPSA) is 12.9 Å². The molecule has 1 aromatic heterocycles. The number of unbranched alkanes of at least 4 members (excludes halogenated alkanes) is 2. The summed E-state index contributed by atoms with van der Waals surface area (Å²) < 4.78 is 0.980. The van der Waals surface area contributed by atoms with Crippen LogP contribution in [-0.2, 0) is 6.42 Å². The average Bonchev–Trinajstić information content (AvgIpc) is 2.15. The summed E-state index contributed by atoms with van der Waals surface area (Å²) in [5.74, 6) is 0. The highest BCUT2D eigenvalue weighted by Crippen LogP contribution is 2.15. The summed E-state index contributed by atoms with van der Waals surface area (Å²) in [6.07, 6.45) is 8.40. The van der Waals surface area contributed by atoms with Crippen molar-refractivity contribution in [3.63, 3.8) is 0 Å². The molecule has 0 N–H and O–H groups in total. The highest BCUT2D eigenvalue weighted by molar-refractivity contribution is 9.10. The fourth-order valence-corrected chi connectivity index (χ4v) is 1.66. The van der Waals surface area contributed by atoms with Crippen molar-refractivity contribution in [3.8, 4) is 0 Å². The Morgan fingerprint density at radius 3 is 3.00 bits per heavy atom. The first-order valence-corrected chi connectivity index (χ1v) is 5.34. The number of pyridine rings is 1. The van der Waals surface area contributed by atoms with Crippen LogP contribution in [0, 0.1) is 0 Å². The predicted octanol–water partition coefficient (Wildman–Crippen LogP) is 3.74. The van der Waals surface area contributed by atoms with E-state index in [0.717, 1.165) is 17.4 Å². The number of hydrogen-bond acceptors (Lipinski definition) is 1. The molecule has 0 aliphatic carbocycles. The van der Waals surface area contributed by atoms with Crippen molar-refractivity contribution in [1.82, 2.24) is 4.98 Å². The molecule has 0 fully saturated rings. The van der Waals surface area contributed by atoms with Gasteiger partial charge in [0.2, 0.25) is 0 Å². The smallest absolute Gasteiger partial charge is 0.109 e. The Morgan fingerprint density at radius 1 is 1.46 bits per heavy atom. The van der Waals surface area contributed by atoms with Gasteiger partial charge in [-0.3, -0.25) is 0 Å². The van der Waals surface area contributed by atoms with E-state index in [2.05, 4.69) is 33.6 Å². The second kappa shape index (κ2) is 5.92. The molecule has 0 saturated carbocycles. The van der Waals surface area contributed by atoms with Crippen LogP contribution in [0.4, 0.5) is 0 Å². The molecule has 1 nitrogen and oxygen atoms in total. The summed E-state index contributed by atoms with van der Waals surface area (Å²) in [5.41, 5.74) is 1.30. The van der Waals surface area contributed by atoms with E-state index in [4.69, 9.17) is 0 Å². The molecule has 0 amide bonds. The van der Waals surface area contributed by atoms with E-state index in [-0.39, 0.29) is 0 Å². The molecule has 0 aromatic carbocycles. The third kappa shape index (κ3) is 3.73. The summed E-state index contributed by atoms with van der Waals surface area (Å²) in [6.45, 7) is 3.70. The Balaban J connectivity index is 2.36. The summed E-state index contributed by atoms with van der Waals surface area (Å²) in [4.78, 5) is 4.17. The van der Waals surface area contributed by atoms with Crippen LogP contribution in [0.15, 0.2) is 35.6 Å². The fourth-order valence-electron chi connectivity index (χ4n) is 1.21. The lowest BCUT2D eigenvalue weighted by Gasteiger charge is -2.01. The van der Waals surface area contributed by atoms with E-state index in [0.29, 0.717) is 0 Å². The molecular weight excluding hydrogens is 226 g/mol. The van der Waals surface area contributed by atoms with Crippen molar-refractivity contribution in [2.24, 2.45) is 0 Å². The second-order valence-corrected chi connectivity index (χ2v) is 3.74. The minimum absolute atomic E-state index is 0.980. The van der Waals surface area contributed by atoms with Crippen LogP contribution >= 0.6 is 15.9 Å². The third-order valence-electron chi connectivity index (χ3n) is 1.94. The van der Waals surface area contributed by atoms with Gasteiger partial charge < -0.3 is 0 Å². The summed E-state index contributed by atoms with van der Waals surface area (Å²) >= 11 is 3.43. The quantitative estimate of drug-likeness (QED) is 0.434. The minimum atomic E-state index is 0.980. The normalized spacial score (nSPS) is 9.92. The Labute approximate surface area is 88.0 Å². The Hall–Kier alpha value is -0.630. The van der Waals surface area contributed by atoms with Crippen LogP contribution in [0.5, 0.6) is 0 Å². The van der Waals surface area contributed by atoms with E-state index < -0.39 is 0 Å². The van der Waals surface area contributed by atoms with Crippen molar-refractivity contribution in [3.05, 3.63) is 41.2 Å². The molecule has 13 heavy (non-hydrogen) atoms. The molecule has 0 bridgehead atoms. The van der Waals surface area contributed by atoms with Crippen LogP contribution < -0.4 is 0 Å². The van der Waals surface area contributed by atoms with Crippen molar-refractivity contribution in [2.75, 3.05) is 0 Å². The number of rotatable bonds is 5. The van der Waals surface area contributed by atoms with Crippen molar-refractivity contribution in [2.45, 2.75) is 25.7 Å². The monoisotopic (exact) mass is 239 g/mol. The maximum Gasteiger partial charge on any atom is 0.109 e. The number of halogens is 1. The van der Waals surface area contributed by atoms with Gasteiger partial charge in [-0.15, -0.1) is 6.58 Å². The molecule has 1 heterocycles. The summed E-state index contributed by atoms with van der Waals surface area (Å²) in [6, 6.07) is 4.10. The first-order valence-electron chi connectivity index (χ1n) is 4.55. The standard InChI is InChI=1S/C11H14BrN/c1-2-3-4-5-7-10-8-6-9-13-11(10)12/h2,6,8-9H,1,3-5,7H2. The van der Waals surface area contributed by atoms with Gasteiger partial charge in [-0.25, -0.2) is 4.98 Å². The lowest BCUT2D eigenvalue weighted by Crippen LogP contribution is -1.88. The van der Waals surface area contributed by atoms with Crippen molar-refractivity contribution in [1.29, 1.82) is 0 Å². The van der Waals surface area contributed by atoms with Crippen molar-refractivity contribution >= 4 is 15.9 Å². The van der Waals surface area contributed by atoms with E-state index in [1.807, 2.05) is 12.1 Å². The molecule has 0 radical (unpaired) electrons. The first-order chi connectivity index (χ1) is 6.34. The number of nitrogens with zero attached hydrogens (tertiary/aromatic N) is 1. The molecule has 0 spiro atoms.